The number of carboxylic acid groups (broad SMARTS) is 2. The number of piperazine rings is 1. The standard InChI is InChI=1S/C29H35FN4O.C4H4O4/c1-3-33(4-2)29(35)24-12-10-23(11-13-24)28(25-6-5-7-27(31)20-25)34-18-16-32(17-19-34)21-22-8-14-26(30)15-9-22;5-3(6)1-2-4(7)8/h5-15,20,28H,3-4,16-19,21,31H2,1-2H3;1-2H,(H,5,6)(H,7,8)/b;2-1+/t28-;/m1./s1. The quantitative estimate of drug-likeness (QED) is 0.233. The van der Waals surface area contributed by atoms with Gasteiger partial charge in [-0.15, -0.1) is 0 Å². The Labute approximate surface area is 251 Å². The molecule has 9 nitrogen and oxygen atoms in total. The van der Waals surface area contributed by atoms with Crippen LogP contribution in [0.25, 0.3) is 0 Å². The van der Waals surface area contributed by atoms with Crippen molar-refractivity contribution in [2.24, 2.45) is 0 Å². The van der Waals surface area contributed by atoms with Crippen LogP contribution in [0.4, 0.5) is 10.1 Å². The third kappa shape index (κ3) is 10.1. The molecule has 3 aromatic rings. The monoisotopic (exact) mass is 590 g/mol. The van der Waals surface area contributed by atoms with Crippen LogP contribution in [-0.4, -0.2) is 82.0 Å². The summed E-state index contributed by atoms with van der Waals surface area (Å²) in [6, 6.07) is 23.0. The van der Waals surface area contributed by atoms with E-state index >= 15 is 0 Å². The zero-order valence-electron chi connectivity index (χ0n) is 24.5. The number of nitrogens with zero attached hydrogens (tertiary/aromatic N) is 3. The van der Waals surface area contributed by atoms with E-state index in [0.29, 0.717) is 30.8 Å². The highest BCUT2D eigenvalue weighted by atomic mass is 19.1. The van der Waals surface area contributed by atoms with Gasteiger partial charge in [0.05, 0.1) is 6.04 Å². The number of halogens is 1. The number of anilines is 1. The second-order valence-corrected chi connectivity index (χ2v) is 10.1. The minimum atomic E-state index is -1.26. The molecule has 0 unspecified atom stereocenters. The number of hydrogen-bond donors (Lipinski definition) is 3. The average molecular weight is 591 g/mol. The van der Waals surface area contributed by atoms with Gasteiger partial charge < -0.3 is 20.8 Å². The Balaban J connectivity index is 0.000000557. The van der Waals surface area contributed by atoms with Gasteiger partial charge in [-0.2, -0.15) is 0 Å². The predicted molar refractivity (Wildman–Crippen MR) is 164 cm³/mol. The molecule has 0 bridgehead atoms. The van der Waals surface area contributed by atoms with Gasteiger partial charge >= 0.3 is 11.9 Å². The van der Waals surface area contributed by atoms with E-state index in [1.807, 2.05) is 61.2 Å². The topological polar surface area (TPSA) is 127 Å². The van der Waals surface area contributed by atoms with Crippen LogP contribution >= 0.6 is 0 Å². The summed E-state index contributed by atoms with van der Waals surface area (Å²) in [5.74, 6) is -2.65. The van der Waals surface area contributed by atoms with Crippen LogP contribution in [0.1, 0.15) is 46.9 Å². The van der Waals surface area contributed by atoms with Crippen LogP contribution in [-0.2, 0) is 16.1 Å². The molecule has 1 saturated heterocycles. The molecule has 0 spiro atoms. The Hall–Kier alpha value is -4.54. The van der Waals surface area contributed by atoms with Crippen LogP contribution in [0.15, 0.2) is 84.9 Å². The molecule has 10 heteroatoms. The number of rotatable bonds is 10. The van der Waals surface area contributed by atoms with Crippen LogP contribution in [0.3, 0.4) is 0 Å². The Morgan fingerprint density at radius 1 is 0.860 bits per heavy atom. The van der Waals surface area contributed by atoms with Gasteiger partial charge in [0.2, 0.25) is 0 Å². The molecule has 4 N–H and O–H groups in total. The number of nitrogens with two attached hydrogens (primary N) is 1. The first-order valence-electron chi connectivity index (χ1n) is 14.2. The Bertz CT molecular complexity index is 1370. The molecule has 4 rings (SSSR count). The van der Waals surface area contributed by atoms with Gasteiger partial charge in [0.15, 0.2) is 0 Å². The van der Waals surface area contributed by atoms with Crippen molar-refractivity contribution in [1.29, 1.82) is 0 Å². The number of carbonyl (C=O) groups is 3. The van der Waals surface area contributed by atoms with Crippen molar-refractivity contribution in [3.05, 3.63) is 113 Å². The third-order valence-corrected chi connectivity index (χ3v) is 7.21. The molecule has 1 atom stereocenters. The second-order valence-electron chi connectivity index (χ2n) is 10.1. The van der Waals surface area contributed by atoms with Crippen LogP contribution in [0, 0.1) is 5.82 Å². The molecular weight excluding hydrogens is 551 g/mol. The predicted octanol–water partition coefficient (Wildman–Crippen LogP) is 4.51. The molecule has 0 saturated carbocycles. The van der Waals surface area contributed by atoms with E-state index in [4.69, 9.17) is 15.9 Å². The molecule has 1 aliphatic heterocycles. The van der Waals surface area contributed by atoms with E-state index < -0.39 is 11.9 Å². The lowest BCUT2D eigenvalue weighted by atomic mass is 9.95. The number of nitrogen functional groups attached to an aromatic ring is 1. The lowest BCUT2D eigenvalue weighted by Gasteiger charge is -2.40. The molecule has 1 amide bonds. The smallest absolute Gasteiger partial charge is 0.328 e. The fraction of sp³-hybridized carbons (Fsp3) is 0.303. The van der Waals surface area contributed by atoms with Crippen molar-refractivity contribution >= 4 is 23.5 Å². The summed E-state index contributed by atoms with van der Waals surface area (Å²) >= 11 is 0. The van der Waals surface area contributed by atoms with Crippen molar-refractivity contribution in [1.82, 2.24) is 14.7 Å². The zero-order valence-corrected chi connectivity index (χ0v) is 24.5. The van der Waals surface area contributed by atoms with E-state index in [9.17, 15) is 18.8 Å². The molecule has 1 heterocycles. The summed E-state index contributed by atoms with van der Waals surface area (Å²) in [7, 11) is 0. The van der Waals surface area contributed by atoms with Crippen molar-refractivity contribution in [3.8, 4) is 0 Å². The van der Waals surface area contributed by atoms with Gasteiger partial charge in [-0.25, -0.2) is 14.0 Å². The van der Waals surface area contributed by atoms with E-state index in [2.05, 4.69) is 28.0 Å². The summed E-state index contributed by atoms with van der Waals surface area (Å²) in [5, 5.41) is 15.6. The number of aliphatic carboxylic acids is 2. The van der Waals surface area contributed by atoms with Gasteiger partial charge in [-0.3, -0.25) is 14.6 Å². The van der Waals surface area contributed by atoms with Gasteiger partial charge in [-0.1, -0.05) is 36.4 Å². The Kier molecular flexibility index (Phi) is 12.4. The molecule has 1 fully saturated rings. The summed E-state index contributed by atoms with van der Waals surface area (Å²) in [6.07, 6.45) is 1.12. The van der Waals surface area contributed by atoms with E-state index in [-0.39, 0.29) is 17.8 Å². The third-order valence-electron chi connectivity index (χ3n) is 7.21. The molecule has 43 heavy (non-hydrogen) atoms. The van der Waals surface area contributed by atoms with Crippen LogP contribution in [0.5, 0.6) is 0 Å². The number of carboxylic acids is 2. The van der Waals surface area contributed by atoms with Crippen LogP contribution in [0.2, 0.25) is 0 Å². The molecule has 0 aliphatic carbocycles. The molecule has 3 aromatic carbocycles. The lowest BCUT2D eigenvalue weighted by molar-refractivity contribution is -0.134. The van der Waals surface area contributed by atoms with Gasteiger partial charge in [-0.05, 0) is 66.9 Å². The first kappa shape index (κ1) is 33.0. The van der Waals surface area contributed by atoms with E-state index in [1.165, 1.54) is 12.1 Å². The van der Waals surface area contributed by atoms with Gasteiger partial charge in [0.1, 0.15) is 5.82 Å². The molecule has 0 radical (unpaired) electrons. The van der Waals surface area contributed by atoms with Crippen molar-refractivity contribution in [2.75, 3.05) is 45.0 Å². The maximum absolute atomic E-state index is 13.3. The SMILES string of the molecule is CCN(CC)C(=O)c1ccc([C@H](c2cccc(N)c2)N2CCN(Cc3ccc(F)cc3)CC2)cc1.O=C(O)/C=C/C(=O)O. The fourth-order valence-electron chi connectivity index (χ4n) is 5.01. The highest BCUT2D eigenvalue weighted by Gasteiger charge is 2.27. The minimum absolute atomic E-state index is 0.0593. The largest absolute Gasteiger partial charge is 0.478 e. The van der Waals surface area contributed by atoms with Crippen molar-refractivity contribution < 1.29 is 29.0 Å². The van der Waals surface area contributed by atoms with Crippen molar-refractivity contribution in [3.63, 3.8) is 0 Å². The fourth-order valence-corrected chi connectivity index (χ4v) is 5.01. The Morgan fingerprint density at radius 3 is 1.95 bits per heavy atom. The molecule has 1 aliphatic rings. The average Bonchev–Trinajstić information content (AvgIpc) is 2.99. The number of carbonyl (C=O) groups excluding carboxylic acids is 1. The van der Waals surface area contributed by atoms with Crippen molar-refractivity contribution in [2.45, 2.75) is 26.4 Å². The maximum Gasteiger partial charge on any atom is 0.328 e. The van der Waals surface area contributed by atoms with E-state index in [0.717, 1.165) is 55.1 Å². The lowest BCUT2D eigenvalue weighted by Crippen LogP contribution is -2.47. The summed E-state index contributed by atoms with van der Waals surface area (Å²) in [6.45, 7) is 9.88. The first-order valence-corrected chi connectivity index (χ1v) is 14.2. The molecule has 0 aromatic heterocycles. The van der Waals surface area contributed by atoms with E-state index in [1.54, 1.807) is 0 Å². The molecule has 228 valence electrons. The summed E-state index contributed by atoms with van der Waals surface area (Å²) < 4.78 is 13.3. The summed E-state index contributed by atoms with van der Waals surface area (Å²) in [5.41, 5.74) is 11.0. The van der Waals surface area contributed by atoms with Gasteiger partial charge in [0, 0.05) is 69.2 Å². The normalized spacial score (nSPS) is 14.5. The highest BCUT2D eigenvalue weighted by molar-refractivity contribution is 5.94. The molecular formula is C33H39FN4O5. The van der Waals surface area contributed by atoms with Gasteiger partial charge in [0.25, 0.3) is 5.91 Å². The number of hydrogen-bond acceptors (Lipinski definition) is 6. The van der Waals surface area contributed by atoms with Crippen LogP contribution < -0.4 is 5.73 Å². The number of amides is 1. The zero-order chi connectivity index (χ0) is 31.4. The highest BCUT2D eigenvalue weighted by Crippen LogP contribution is 2.31. The first-order chi connectivity index (χ1) is 20.6. The minimum Gasteiger partial charge on any atom is -0.478 e. The second kappa shape index (κ2) is 16.2. The Morgan fingerprint density at radius 2 is 1.44 bits per heavy atom. The maximum atomic E-state index is 13.3. The number of benzene rings is 3. The summed E-state index contributed by atoms with van der Waals surface area (Å²) in [4.78, 5) is 38.6.